The van der Waals surface area contributed by atoms with Gasteiger partial charge in [0.1, 0.15) is 34.6 Å². The van der Waals surface area contributed by atoms with Gasteiger partial charge in [-0.3, -0.25) is 0 Å². The summed E-state index contributed by atoms with van der Waals surface area (Å²) in [6.45, 7) is 12.4. The predicted octanol–water partition coefficient (Wildman–Crippen LogP) is 24.9. The molecule has 0 bridgehead atoms. The van der Waals surface area contributed by atoms with E-state index >= 15 is 8.78 Å². The van der Waals surface area contributed by atoms with E-state index in [0.717, 1.165) is 116 Å². The quantitative estimate of drug-likeness (QED) is 0.102. The van der Waals surface area contributed by atoms with E-state index in [4.69, 9.17) is 9.47 Å². The first-order chi connectivity index (χ1) is 49.8. The highest BCUT2D eigenvalue weighted by atomic mass is 19.1. The number of rotatable bonds is 15. The van der Waals surface area contributed by atoms with Gasteiger partial charge in [-0.25, -0.2) is 8.78 Å². The number of nitrogens with zero attached hydrogens (tertiary/aromatic N) is 2. The van der Waals surface area contributed by atoms with Gasteiger partial charge < -0.3 is 19.3 Å². The summed E-state index contributed by atoms with van der Waals surface area (Å²) in [6.07, 6.45) is 4.41. The molecule has 0 spiro atoms. The Bertz CT molecular complexity index is 5350. The van der Waals surface area contributed by atoms with Gasteiger partial charge in [-0.2, -0.15) is 0 Å². The lowest BCUT2D eigenvalue weighted by Gasteiger charge is -2.36. The number of anilines is 6. The summed E-state index contributed by atoms with van der Waals surface area (Å²) < 4.78 is 45.5. The van der Waals surface area contributed by atoms with Gasteiger partial charge in [-0.15, -0.1) is 0 Å². The largest absolute Gasteiger partial charge is 0.457 e. The number of aryl methyl sites for hydroxylation is 10. The van der Waals surface area contributed by atoms with Crippen LogP contribution in [0.4, 0.5) is 42.9 Å². The van der Waals surface area contributed by atoms with Gasteiger partial charge in [-0.1, -0.05) is 181 Å². The molecule has 14 aromatic carbocycles. The van der Waals surface area contributed by atoms with E-state index in [1.54, 1.807) is 12.1 Å². The summed E-state index contributed by atoms with van der Waals surface area (Å²) in [5.74, 6) is 2.69. The molecule has 0 aromatic heterocycles. The summed E-state index contributed by atoms with van der Waals surface area (Å²) in [4.78, 5) is 4.36. The van der Waals surface area contributed by atoms with Crippen molar-refractivity contribution in [2.45, 2.75) is 78.1 Å². The van der Waals surface area contributed by atoms with Crippen LogP contribution in [0.25, 0.3) is 33.4 Å². The molecule has 6 heteroatoms. The molecular weight excluding hydrogens is 1250 g/mol. The molecule has 102 heavy (non-hydrogen) atoms. The van der Waals surface area contributed by atoms with E-state index in [-0.39, 0.29) is 11.6 Å². The lowest BCUT2D eigenvalue weighted by atomic mass is 9.66. The van der Waals surface area contributed by atoms with Crippen molar-refractivity contribution in [3.05, 3.63) is 403 Å². The summed E-state index contributed by atoms with van der Waals surface area (Å²) in [7, 11) is 0. The van der Waals surface area contributed by atoms with Crippen LogP contribution in [0, 0.1) is 53.2 Å². The molecule has 4 aliphatic carbocycles. The lowest BCUT2D eigenvalue weighted by Crippen LogP contribution is -2.30. The number of halogens is 2. The van der Waals surface area contributed by atoms with Crippen LogP contribution < -0.4 is 19.3 Å². The van der Waals surface area contributed by atoms with E-state index < -0.39 is 10.8 Å². The molecule has 0 fully saturated rings. The van der Waals surface area contributed by atoms with E-state index in [9.17, 15) is 0 Å². The fraction of sp³-hybridized carbons (Fsp3) is 0.125. The molecule has 494 valence electrons. The minimum Gasteiger partial charge on any atom is -0.457 e. The summed E-state index contributed by atoms with van der Waals surface area (Å²) >= 11 is 0. The molecule has 0 saturated heterocycles. The monoisotopic (exact) mass is 1320 g/mol. The Morgan fingerprint density at radius 1 is 0.265 bits per heavy atom. The number of fused-ring (bicyclic) bond motifs is 8. The first kappa shape index (κ1) is 62.4. The van der Waals surface area contributed by atoms with Crippen molar-refractivity contribution in [2.24, 2.45) is 0 Å². The fourth-order valence-electron chi connectivity index (χ4n) is 16.8. The molecule has 0 N–H and O–H groups in total. The van der Waals surface area contributed by atoms with E-state index in [1.165, 1.54) is 77.9 Å². The van der Waals surface area contributed by atoms with Crippen LogP contribution in [0.2, 0.25) is 0 Å². The van der Waals surface area contributed by atoms with Gasteiger partial charge in [0.25, 0.3) is 0 Å². The predicted molar refractivity (Wildman–Crippen MR) is 412 cm³/mol. The van der Waals surface area contributed by atoms with Crippen LogP contribution in [-0.4, -0.2) is 0 Å². The normalized spacial score (nSPS) is 15.6. The molecule has 2 atom stereocenters. The van der Waals surface area contributed by atoms with Crippen LogP contribution in [0.3, 0.4) is 0 Å². The second kappa shape index (κ2) is 24.5. The van der Waals surface area contributed by atoms with Crippen molar-refractivity contribution in [2.75, 3.05) is 9.80 Å². The molecule has 0 heterocycles. The maximum absolute atomic E-state index is 16.2. The van der Waals surface area contributed by atoms with Crippen LogP contribution in [0.1, 0.15) is 100 Å². The van der Waals surface area contributed by atoms with E-state index in [0.29, 0.717) is 22.5 Å². The molecule has 4 nitrogen and oxygen atoms in total. The highest BCUT2D eigenvalue weighted by molar-refractivity contribution is 5.92. The molecule has 2 unspecified atom stereocenters. The number of hydrogen-bond donors (Lipinski definition) is 0. The third-order valence-electron chi connectivity index (χ3n) is 22.3. The van der Waals surface area contributed by atoms with Gasteiger partial charge in [0.2, 0.25) is 0 Å². The molecule has 0 aliphatic heterocycles. The summed E-state index contributed by atoms with van der Waals surface area (Å²) in [6, 6.07) is 103. The number of ether oxygens (including phenoxy) is 2. The zero-order valence-electron chi connectivity index (χ0n) is 58.0. The lowest BCUT2D eigenvalue weighted by molar-refractivity contribution is 0.480. The Morgan fingerprint density at radius 2 is 0.608 bits per heavy atom. The van der Waals surface area contributed by atoms with Crippen LogP contribution in [0.5, 0.6) is 23.0 Å². The molecule has 18 rings (SSSR count). The van der Waals surface area contributed by atoms with Crippen molar-refractivity contribution in [1.29, 1.82) is 0 Å². The summed E-state index contributed by atoms with van der Waals surface area (Å²) in [5.41, 5.74) is 30.8. The minimum atomic E-state index is -0.737. The fourth-order valence-corrected chi connectivity index (χ4v) is 16.8. The average molecular weight is 1330 g/mol. The molecule has 0 radical (unpaired) electrons. The third-order valence-corrected chi connectivity index (χ3v) is 22.3. The van der Waals surface area contributed by atoms with Gasteiger partial charge >= 0.3 is 0 Å². The average Bonchev–Trinajstić information content (AvgIpc) is 1.53. The second-order valence-electron chi connectivity index (χ2n) is 28.4. The first-order valence-electron chi connectivity index (χ1n) is 35.5. The highest BCUT2D eigenvalue weighted by Gasteiger charge is 2.49. The van der Waals surface area contributed by atoms with Gasteiger partial charge in [0, 0.05) is 34.1 Å². The van der Waals surface area contributed by atoms with Crippen molar-refractivity contribution >= 4 is 34.1 Å². The zero-order valence-corrected chi connectivity index (χ0v) is 58.0. The standard InChI is InChI=1S/C96H74F2N2O2/c1-59-15-17-61(3)89(51-59)95(71-31-45-79(46-32-71)101-81-43-29-67-21-23-69(67)53-81)87-13-9-7-11-83(87)85-49-41-75(55-91(85)95)99(77-35-19-63(5)93(97)57-77)73-37-25-65(26-38-73)66-27-39-74(40-28-66)100(78-36-20-64(6)94(98)58-78)76-42-50-86-84-12-8-10-14-88(84)96(92(86)56-76,90-52-60(2)16-18-62(90)4)72-33-47-80(48-34-72)102-82-44-30-68-22-24-70(68)54-82/h7-20,25-58H,21-24H2,1-6H3. The van der Waals surface area contributed by atoms with Crippen molar-refractivity contribution in [3.63, 3.8) is 0 Å². The zero-order chi connectivity index (χ0) is 69.1. The minimum absolute atomic E-state index is 0.279. The number of benzene rings is 14. The maximum atomic E-state index is 16.2. The van der Waals surface area contributed by atoms with E-state index in [2.05, 4.69) is 292 Å². The molecule has 4 aliphatic rings. The van der Waals surface area contributed by atoms with Crippen molar-refractivity contribution in [3.8, 4) is 56.4 Å². The molecule has 0 saturated carbocycles. The SMILES string of the molecule is Cc1ccc(C)c(C2(c3ccc(Oc4ccc5c(c4)CC5)cc3)c3ccccc3-c3ccc(N(c4ccc(-c5ccc(N(c6ccc(C)c(F)c6)c6ccc7c(c6)C(c6ccc(Oc8ccc9c(c8)CC9)cc6)(c6cc(C)ccc6C)c6ccccc6-7)cc5)cc4)c4ccc(C)c(F)c4)cc32)c1. The maximum Gasteiger partial charge on any atom is 0.128 e. The van der Waals surface area contributed by atoms with Gasteiger partial charge in [0.15, 0.2) is 0 Å². The third kappa shape index (κ3) is 10.2. The molecule has 0 amide bonds. The van der Waals surface area contributed by atoms with E-state index in [1.807, 2.05) is 38.1 Å². The Balaban J connectivity index is 0.724. The molecular formula is C96H74F2N2O2. The molecule has 14 aromatic rings. The second-order valence-corrected chi connectivity index (χ2v) is 28.4. The van der Waals surface area contributed by atoms with Gasteiger partial charge in [0.05, 0.1) is 10.8 Å². The topological polar surface area (TPSA) is 24.9 Å². The van der Waals surface area contributed by atoms with Crippen LogP contribution >= 0.6 is 0 Å². The van der Waals surface area contributed by atoms with Crippen LogP contribution in [0.15, 0.2) is 291 Å². The van der Waals surface area contributed by atoms with Crippen molar-refractivity contribution < 1.29 is 18.3 Å². The smallest absolute Gasteiger partial charge is 0.128 e. The van der Waals surface area contributed by atoms with Crippen LogP contribution in [-0.2, 0) is 36.5 Å². The Hall–Kier alpha value is -11.9. The summed E-state index contributed by atoms with van der Waals surface area (Å²) in [5, 5.41) is 0. The van der Waals surface area contributed by atoms with Crippen molar-refractivity contribution in [1.82, 2.24) is 0 Å². The first-order valence-corrected chi connectivity index (χ1v) is 35.5. The highest BCUT2D eigenvalue weighted by Crippen LogP contribution is 2.61. The number of hydrogen-bond acceptors (Lipinski definition) is 4. The Labute approximate surface area is 596 Å². The van der Waals surface area contributed by atoms with Gasteiger partial charge in [-0.05, 0) is 311 Å². The Morgan fingerprint density at radius 3 is 0.990 bits per heavy atom. The Kier molecular flexibility index (Phi) is 15.0.